The van der Waals surface area contributed by atoms with Crippen molar-refractivity contribution in [2.24, 2.45) is 17.6 Å². The third kappa shape index (κ3) is 2.71. The minimum absolute atomic E-state index is 0.187. The summed E-state index contributed by atoms with van der Waals surface area (Å²) in [7, 11) is 0. The van der Waals surface area contributed by atoms with Crippen LogP contribution in [0.4, 0.5) is 20.2 Å². The Bertz CT molecular complexity index is 1150. The van der Waals surface area contributed by atoms with Gasteiger partial charge in [-0.15, -0.1) is 0 Å². The highest BCUT2D eigenvalue weighted by atomic mass is 19.1. The number of nitrogens with zero attached hydrogens (tertiary/aromatic N) is 2. The number of hydrogen-bond acceptors (Lipinski definition) is 5. The molecule has 3 fully saturated rings. The van der Waals surface area contributed by atoms with E-state index in [1.807, 2.05) is 4.90 Å². The van der Waals surface area contributed by atoms with Crippen LogP contribution in [0.5, 0.6) is 0 Å². The normalized spacial score (nSPS) is 30.1. The first-order valence-corrected chi connectivity index (χ1v) is 10.2. The van der Waals surface area contributed by atoms with E-state index in [2.05, 4.69) is 0 Å². The molecule has 1 aliphatic heterocycles. The number of carboxylic acid groups (broad SMARTS) is 1. The number of aryl methyl sites for hydroxylation is 1. The zero-order valence-corrected chi connectivity index (χ0v) is 16.6. The molecule has 7 nitrogen and oxygen atoms in total. The van der Waals surface area contributed by atoms with Gasteiger partial charge in [0.1, 0.15) is 11.7 Å². The number of carbonyl (C=O) groups is 1. The van der Waals surface area contributed by atoms with Crippen molar-refractivity contribution in [3.63, 3.8) is 0 Å². The summed E-state index contributed by atoms with van der Waals surface area (Å²) in [5.41, 5.74) is 11.4. The van der Waals surface area contributed by atoms with Gasteiger partial charge in [-0.3, -0.25) is 4.79 Å². The van der Waals surface area contributed by atoms with Crippen LogP contribution in [0.3, 0.4) is 0 Å². The zero-order valence-electron chi connectivity index (χ0n) is 16.6. The van der Waals surface area contributed by atoms with Crippen LogP contribution in [-0.4, -0.2) is 40.9 Å². The summed E-state index contributed by atoms with van der Waals surface area (Å²) >= 11 is 0. The number of aromatic nitrogens is 1. The summed E-state index contributed by atoms with van der Waals surface area (Å²) in [5, 5.41) is 9.24. The largest absolute Gasteiger partial charge is 0.477 e. The Kier molecular flexibility index (Phi) is 4.12. The molecule has 0 bridgehead atoms. The van der Waals surface area contributed by atoms with E-state index in [0.29, 0.717) is 41.7 Å². The number of pyridine rings is 1. The highest BCUT2D eigenvalue weighted by molar-refractivity contribution is 6.01. The molecule has 5 atom stereocenters. The monoisotopic (exact) mass is 418 g/mol. The van der Waals surface area contributed by atoms with Gasteiger partial charge in [0, 0.05) is 31.7 Å². The zero-order chi connectivity index (χ0) is 21.5. The Labute approximate surface area is 171 Å². The molecule has 2 aliphatic carbocycles. The number of fused-ring (bicyclic) bond motifs is 1. The number of carboxylic acids is 1. The Morgan fingerprint density at radius 1 is 1.33 bits per heavy atom. The van der Waals surface area contributed by atoms with Gasteiger partial charge >= 0.3 is 5.97 Å². The van der Waals surface area contributed by atoms with Crippen molar-refractivity contribution in [2.45, 2.75) is 44.4 Å². The smallest absolute Gasteiger partial charge is 0.341 e. The lowest BCUT2D eigenvalue weighted by Crippen LogP contribution is -2.26. The van der Waals surface area contributed by atoms with E-state index in [1.165, 1.54) is 10.8 Å². The minimum atomic E-state index is -1.45. The highest BCUT2D eigenvalue weighted by Crippen LogP contribution is 2.46. The molecular formula is C21H24F2N4O3. The molecule has 5 rings (SSSR count). The van der Waals surface area contributed by atoms with E-state index in [4.69, 9.17) is 11.5 Å². The molecule has 160 valence electrons. The second-order valence-corrected chi connectivity index (χ2v) is 8.89. The predicted molar refractivity (Wildman–Crippen MR) is 109 cm³/mol. The number of hydrogen-bond donors (Lipinski definition) is 3. The topological polar surface area (TPSA) is 115 Å². The predicted octanol–water partition coefficient (Wildman–Crippen LogP) is 2.19. The molecule has 1 aromatic carbocycles. The lowest BCUT2D eigenvalue weighted by Gasteiger charge is -2.25. The van der Waals surface area contributed by atoms with E-state index >= 15 is 4.39 Å². The molecular weight excluding hydrogens is 394 g/mol. The molecule has 9 heteroatoms. The van der Waals surface area contributed by atoms with Gasteiger partial charge < -0.3 is 26.0 Å². The number of aromatic carboxylic acids is 1. The highest BCUT2D eigenvalue weighted by Gasteiger charge is 2.44. The Morgan fingerprint density at radius 2 is 2.00 bits per heavy atom. The van der Waals surface area contributed by atoms with Crippen LogP contribution < -0.4 is 21.8 Å². The molecule has 5 N–H and O–H groups in total. The number of halogens is 2. The lowest BCUT2D eigenvalue weighted by atomic mass is 10.0. The standard InChI is InChI=1S/C21H24F2N4O3/c1-8-18-15(20(28)11(21(29)30)7-27(18)14-5-12(14)22)17(25)16(23)19(8)26-3-2-9(6-26)10-4-13(10)24/h7,9-10,12-14H,2-6,24-25H2,1H3,(H,29,30)/t9?,10-,12-,13-,14+/m0/s1. The van der Waals surface area contributed by atoms with Gasteiger partial charge in [-0.1, -0.05) is 0 Å². The van der Waals surface area contributed by atoms with Gasteiger partial charge in [0.05, 0.1) is 28.3 Å². The average molecular weight is 418 g/mol. The van der Waals surface area contributed by atoms with Crippen LogP contribution in [0.2, 0.25) is 0 Å². The maximum atomic E-state index is 15.4. The van der Waals surface area contributed by atoms with Crippen molar-refractivity contribution >= 4 is 28.2 Å². The van der Waals surface area contributed by atoms with E-state index in [1.54, 1.807) is 6.92 Å². The van der Waals surface area contributed by atoms with Crippen LogP contribution in [0, 0.1) is 24.6 Å². The van der Waals surface area contributed by atoms with Crippen molar-refractivity contribution in [2.75, 3.05) is 23.7 Å². The van der Waals surface area contributed by atoms with Crippen LogP contribution >= 0.6 is 0 Å². The third-order valence-electron chi connectivity index (χ3n) is 6.97. The summed E-state index contributed by atoms with van der Waals surface area (Å²) in [4.78, 5) is 26.3. The molecule has 1 aromatic heterocycles. The number of anilines is 2. The molecule has 3 aliphatic rings. The number of rotatable bonds is 4. The quantitative estimate of drug-likeness (QED) is 0.656. The summed E-state index contributed by atoms with van der Waals surface area (Å²) < 4.78 is 30.8. The van der Waals surface area contributed by atoms with Crippen molar-refractivity contribution < 1.29 is 18.7 Å². The second kappa shape index (κ2) is 6.41. The van der Waals surface area contributed by atoms with E-state index in [0.717, 1.165) is 12.8 Å². The van der Waals surface area contributed by atoms with Crippen LogP contribution in [0.15, 0.2) is 11.0 Å². The van der Waals surface area contributed by atoms with E-state index in [-0.39, 0.29) is 23.5 Å². The fourth-order valence-corrected chi connectivity index (χ4v) is 5.13. The molecule has 2 aromatic rings. The molecule has 0 radical (unpaired) electrons. The maximum absolute atomic E-state index is 15.4. The van der Waals surface area contributed by atoms with E-state index in [9.17, 15) is 19.1 Å². The second-order valence-electron chi connectivity index (χ2n) is 8.89. The van der Waals surface area contributed by atoms with Crippen LogP contribution in [0.1, 0.15) is 41.2 Å². The van der Waals surface area contributed by atoms with Gasteiger partial charge in [0.2, 0.25) is 5.43 Å². The molecule has 1 saturated heterocycles. The number of alkyl halides is 1. The molecule has 2 heterocycles. The van der Waals surface area contributed by atoms with Gasteiger partial charge in [-0.25, -0.2) is 13.6 Å². The first-order valence-electron chi connectivity index (χ1n) is 10.2. The summed E-state index contributed by atoms with van der Waals surface area (Å²) in [5.74, 6) is -1.34. The summed E-state index contributed by atoms with van der Waals surface area (Å²) in [6, 6.07) is -0.378. The SMILES string of the molecule is Cc1c(N2CCC([C@@H]3C[C@@H]3N)C2)c(F)c(N)c2c(=O)c(C(=O)O)cn([C@@H]3C[C@@H]3F)c12. The third-order valence-corrected chi connectivity index (χ3v) is 6.97. The Morgan fingerprint density at radius 3 is 2.57 bits per heavy atom. The Hall–Kier alpha value is -2.68. The van der Waals surface area contributed by atoms with Crippen molar-refractivity contribution in [3.8, 4) is 0 Å². The molecule has 0 amide bonds. The fourth-order valence-electron chi connectivity index (χ4n) is 5.13. The number of benzene rings is 1. The maximum Gasteiger partial charge on any atom is 0.341 e. The van der Waals surface area contributed by atoms with Crippen LogP contribution in [0.25, 0.3) is 10.9 Å². The van der Waals surface area contributed by atoms with Gasteiger partial charge in [-0.2, -0.15) is 0 Å². The molecule has 2 saturated carbocycles. The van der Waals surface area contributed by atoms with Gasteiger partial charge in [0.15, 0.2) is 5.82 Å². The average Bonchev–Trinajstić information content (AvgIpc) is 3.55. The van der Waals surface area contributed by atoms with E-state index < -0.39 is 35.0 Å². The summed E-state index contributed by atoms with van der Waals surface area (Å²) in [6.07, 6.45) is 2.13. The molecule has 1 unspecified atom stereocenters. The molecule has 30 heavy (non-hydrogen) atoms. The fraction of sp³-hybridized carbons (Fsp3) is 0.524. The first kappa shape index (κ1) is 19.3. The Balaban J connectivity index is 1.71. The van der Waals surface area contributed by atoms with Crippen molar-refractivity contribution in [1.82, 2.24) is 4.57 Å². The van der Waals surface area contributed by atoms with Crippen molar-refractivity contribution in [1.29, 1.82) is 0 Å². The number of nitrogens with two attached hydrogens (primary N) is 2. The number of nitrogen functional groups attached to an aromatic ring is 1. The minimum Gasteiger partial charge on any atom is -0.477 e. The summed E-state index contributed by atoms with van der Waals surface area (Å²) in [6.45, 7) is 2.97. The lowest BCUT2D eigenvalue weighted by molar-refractivity contribution is 0.0694. The van der Waals surface area contributed by atoms with Crippen LogP contribution in [-0.2, 0) is 0 Å². The first-order chi connectivity index (χ1) is 14.2. The van der Waals surface area contributed by atoms with Gasteiger partial charge in [0.25, 0.3) is 0 Å². The van der Waals surface area contributed by atoms with Gasteiger partial charge in [-0.05, 0) is 37.2 Å². The molecule has 0 spiro atoms. The van der Waals surface area contributed by atoms with Crippen molar-refractivity contribution in [3.05, 3.63) is 33.4 Å².